The fourth-order valence-electron chi connectivity index (χ4n) is 5.64. The number of ketones is 1. The third-order valence-corrected chi connectivity index (χ3v) is 8.24. The van der Waals surface area contributed by atoms with Crippen molar-refractivity contribution in [2.75, 3.05) is 7.05 Å². The summed E-state index contributed by atoms with van der Waals surface area (Å²) in [6.07, 6.45) is 20.1. The first-order valence-electron chi connectivity index (χ1n) is 16.1. The monoisotopic (exact) mass is 646 g/mol. The van der Waals surface area contributed by atoms with Gasteiger partial charge < -0.3 is 19.3 Å². The molecule has 0 saturated carbocycles. The molecule has 1 fully saturated rings. The van der Waals surface area contributed by atoms with Crippen LogP contribution in [0.3, 0.4) is 0 Å². The zero-order valence-electron chi connectivity index (χ0n) is 29.0. The van der Waals surface area contributed by atoms with E-state index in [2.05, 4.69) is 48.0 Å². The molecule has 1 N–H and O–H groups in total. The molecule has 1 aliphatic heterocycles. The maximum Gasteiger partial charge on any atom is 0.253 e. The van der Waals surface area contributed by atoms with Gasteiger partial charge in [0, 0.05) is 60.0 Å². The van der Waals surface area contributed by atoms with Crippen molar-refractivity contribution in [1.29, 1.82) is 0 Å². The predicted molar refractivity (Wildman–Crippen MR) is 187 cm³/mol. The van der Waals surface area contributed by atoms with E-state index in [0.29, 0.717) is 18.7 Å². The zero-order valence-corrected chi connectivity index (χ0v) is 29.0. The Morgan fingerprint density at radius 1 is 1.32 bits per heavy atom. The van der Waals surface area contributed by atoms with E-state index in [4.69, 9.17) is 14.5 Å². The van der Waals surface area contributed by atoms with Crippen LogP contribution in [0, 0.1) is 10.6 Å². The number of hydrogen-bond donors (Lipinski definition) is 1. The smallest absolute Gasteiger partial charge is 0.253 e. The van der Waals surface area contributed by atoms with Crippen molar-refractivity contribution in [3.05, 3.63) is 87.3 Å². The molecule has 10 heteroatoms. The second-order valence-electron chi connectivity index (χ2n) is 12.2. The summed E-state index contributed by atoms with van der Waals surface area (Å²) in [5.74, 6) is -0.309. The summed E-state index contributed by atoms with van der Waals surface area (Å²) in [5, 5.41) is 18.2. The number of carbonyl (C=O) groups excluding carboxylic acids is 2. The number of amides is 1. The molecular formula is C37H50N4O6. The minimum atomic E-state index is -0.599. The van der Waals surface area contributed by atoms with Gasteiger partial charge in [0.25, 0.3) is 6.29 Å². The number of aromatic nitrogens is 1. The van der Waals surface area contributed by atoms with Gasteiger partial charge in [0.15, 0.2) is 0 Å². The molecule has 2 aliphatic rings. The Balaban J connectivity index is 2.02. The summed E-state index contributed by atoms with van der Waals surface area (Å²) in [4.78, 5) is 36.6. The van der Waals surface area contributed by atoms with Crippen molar-refractivity contribution < 1.29 is 29.3 Å². The molecule has 10 nitrogen and oxygen atoms in total. The molecule has 0 bridgehead atoms. The van der Waals surface area contributed by atoms with Gasteiger partial charge in [0.05, 0.1) is 18.8 Å². The number of hydrogen-bond acceptors (Lipinski definition) is 7. The number of carbonyl (C=O) groups is 2. The zero-order chi connectivity index (χ0) is 34.9. The third kappa shape index (κ3) is 9.71. The first-order chi connectivity index (χ1) is 22.3. The van der Waals surface area contributed by atoms with Crippen LogP contribution in [-0.4, -0.2) is 52.5 Å². The quantitative estimate of drug-likeness (QED) is 0.163. The van der Waals surface area contributed by atoms with Crippen molar-refractivity contribution in [3.63, 3.8) is 0 Å². The van der Waals surface area contributed by atoms with Crippen LogP contribution in [0.4, 0.5) is 0 Å². The summed E-state index contributed by atoms with van der Waals surface area (Å²) in [6, 6.07) is -0.539. The lowest BCUT2D eigenvalue weighted by Gasteiger charge is -2.28. The summed E-state index contributed by atoms with van der Waals surface area (Å²) < 4.78 is 7.44. The fraction of sp³-hybridized carbons (Fsp3) is 0.432. The minimum Gasteiger partial charge on any atom is -0.598 e. The maximum absolute atomic E-state index is 13.5. The molecule has 5 atom stereocenters. The molecule has 47 heavy (non-hydrogen) atoms. The highest BCUT2D eigenvalue weighted by molar-refractivity contribution is 6.03. The number of oxime groups is 1. The van der Waals surface area contributed by atoms with Crippen LogP contribution in [0.25, 0.3) is 24.8 Å². The Bertz CT molecular complexity index is 1630. The molecule has 1 amide bonds. The van der Waals surface area contributed by atoms with Crippen LogP contribution in [0.2, 0.25) is 0 Å². The number of epoxide rings is 1. The van der Waals surface area contributed by atoms with Gasteiger partial charge in [0.1, 0.15) is 11.9 Å². The van der Waals surface area contributed by atoms with Crippen LogP contribution in [0.1, 0.15) is 79.0 Å². The number of nitrogens with one attached hydrogen (secondary N) is 1. The lowest BCUT2D eigenvalue weighted by molar-refractivity contribution is -1.06. The van der Waals surface area contributed by atoms with E-state index < -0.39 is 28.9 Å². The lowest BCUT2D eigenvalue weighted by Crippen LogP contribution is -3.04. The Kier molecular flexibility index (Phi) is 13.2. The van der Waals surface area contributed by atoms with Gasteiger partial charge in [-0.2, -0.15) is 10.3 Å². The summed E-state index contributed by atoms with van der Waals surface area (Å²) >= 11 is 0. The number of quaternary nitrogens is 1. The molecule has 1 aromatic heterocycles. The largest absolute Gasteiger partial charge is 0.598 e. The van der Waals surface area contributed by atoms with Crippen LogP contribution >= 0.6 is 0 Å². The van der Waals surface area contributed by atoms with E-state index in [1.54, 1.807) is 13.0 Å². The van der Waals surface area contributed by atoms with Gasteiger partial charge in [-0.25, -0.2) is 0 Å². The average molecular weight is 647 g/mol. The van der Waals surface area contributed by atoms with Gasteiger partial charge in [-0.3, -0.25) is 9.59 Å². The number of Topliss-reactive ketones (excluding diaryl/α,β-unsaturated/α-hetero) is 1. The predicted octanol–water partition coefficient (Wildman–Crippen LogP) is 4.33. The van der Waals surface area contributed by atoms with Crippen molar-refractivity contribution in [3.8, 4) is 0 Å². The molecule has 3 rings (SSSR count). The molecule has 2 heterocycles. The van der Waals surface area contributed by atoms with Crippen LogP contribution in [-0.2, 0) is 30.6 Å². The molecule has 0 radical (unpaired) electrons. The topological polar surface area (TPSA) is 113 Å². The first kappa shape index (κ1) is 37.4. The summed E-state index contributed by atoms with van der Waals surface area (Å²) in [5.41, 5.74) is 3.67. The van der Waals surface area contributed by atoms with Crippen LogP contribution in [0.5, 0.6) is 0 Å². The van der Waals surface area contributed by atoms with Crippen molar-refractivity contribution in [2.24, 2.45) is 10.6 Å². The van der Waals surface area contributed by atoms with E-state index in [0.717, 1.165) is 38.0 Å². The SMILES string of the molecule is C=Cc1c(/C=C(C)/C(CC(C)N(O[NH+](C)[O-])C(C)=O)=N/OC2OC2C)/c(=C/CC(=O)CC2(C)C=CC=C/C2=C/C=C\C)c(=C)n1CC. The second kappa shape index (κ2) is 16.6. The van der Waals surface area contributed by atoms with Crippen molar-refractivity contribution in [1.82, 2.24) is 9.63 Å². The first-order valence-corrected chi connectivity index (χ1v) is 16.1. The number of hydroxylamine groups is 4. The molecule has 1 aromatic rings. The lowest BCUT2D eigenvalue weighted by atomic mass is 9.74. The highest BCUT2D eigenvalue weighted by Crippen LogP contribution is 2.36. The van der Waals surface area contributed by atoms with E-state index in [1.165, 1.54) is 14.0 Å². The fourth-order valence-corrected chi connectivity index (χ4v) is 5.64. The molecular weight excluding hydrogens is 596 g/mol. The van der Waals surface area contributed by atoms with Crippen molar-refractivity contribution >= 4 is 42.2 Å². The molecule has 0 spiro atoms. The number of rotatable bonds is 16. The molecule has 5 unspecified atom stereocenters. The molecule has 1 saturated heterocycles. The number of ether oxygens (including phenoxy) is 1. The Morgan fingerprint density at radius 2 is 2.02 bits per heavy atom. The van der Waals surface area contributed by atoms with Gasteiger partial charge in [-0.15, -0.1) is 0 Å². The van der Waals surface area contributed by atoms with Crippen LogP contribution in [0.15, 0.2) is 65.4 Å². The highest BCUT2D eigenvalue weighted by atomic mass is 17.0. The van der Waals surface area contributed by atoms with E-state index >= 15 is 0 Å². The Labute approximate surface area is 278 Å². The Hall–Kier alpha value is -4.09. The summed E-state index contributed by atoms with van der Waals surface area (Å²) in [6.45, 7) is 22.0. The minimum absolute atomic E-state index is 0.0769. The normalized spacial score (nSPS) is 23.8. The summed E-state index contributed by atoms with van der Waals surface area (Å²) in [7, 11) is 1.24. The van der Waals surface area contributed by atoms with E-state index in [1.807, 2.05) is 64.2 Å². The Morgan fingerprint density at radius 3 is 2.60 bits per heavy atom. The maximum atomic E-state index is 13.5. The molecule has 254 valence electrons. The molecule has 1 aliphatic carbocycles. The third-order valence-electron chi connectivity index (χ3n) is 8.24. The van der Waals surface area contributed by atoms with Gasteiger partial charge in [-0.1, -0.05) is 78.8 Å². The van der Waals surface area contributed by atoms with Gasteiger partial charge in [-0.05, 0) is 57.9 Å². The van der Waals surface area contributed by atoms with Gasteiger partial charge >= 0.3 is 0 Å². The number of allylic oxidation sites excluding steroid dienone is 9. The average Bonchev–Trinajstić information content (AvgIpc) is 3.66. The molecule has 0 aromatic carbocycles. The van der Waals surface area contributed by atoms with Gasteiger partial charge in [0.2, 0.25) is 5.91 Å². The standard InChI is InChI=1S/C37H50N4O6/c1-11-14-17-30-18-15-16-21-37(30,9)24-31(43)19-20-32-27(6)40(13-3)35(12-2)33(32)22-25(4)34(38-46-36-28(7)45-36)23-26(5)41(29(8)42)47-39(10)44/h11-12,14-18,20-22,26,28,36,39H,2,6,13,19,23-24H2,1,3-5,7-10H3/b14-11-,25-22+,30-17-,32-20+,38-34+. The van der Waals surface area contributed by atoms with E-state index in [-0.39, 0.29) is 24.7 Å². The highest BCUT2D eigenvalue weighted by Gasteiger charge is 2.37. The van der Waals surface area contributed by atoms with E-state index in [9.17, 15) is 14.8 Å². The van der Waals surface area contributed by atoms with Crippen LogP contribution < -0.4 is 15.8 Å². The number of nitrogens with zero attached hydrogens (tertiary/aromatic N) is 3. The second-order valence-corrected chi connectivity index (χ2v) is 12.2. The van der Waals surface area contributed by atoms with Crippen molar-refractivity contribution in [2.45, 2.75) is 92.7 Å².